The molecule has 1 heterocycles. The van der Waals surface area contributed by atoms with E-state index in [9.17, 15) is 9.18 Å². The maximum absolute atomic E-state index is 13.9. The summed E-state index contributed by atoms with van der Waals surface area (Å²) >= 11 is 0. The highest BCUT2D eigenvalue weighted by atomic mass is 19.1. The largest absolute Gasteiger partial charge is 0.369 e. The molecule has 0 bridgehead atoms. The Balaban J connectivity index is 2.29. The zero-order valence-corrected chi connectivity index (χ0v) is 10.2. The van der Waals surface area contributed by atoms with Gasteiger partial charge in [0.25, 0.3) is 0 Å². The number of halogens is 1. The highest BCUT2D eigenvalue weighted by molar-refractivity contribution is 5.84. The number of carbonyl (C=O) groups is 1. The van der Waals surface area contributed by atoms with Crippen molar-refractivity contribution in [1.82, 2.24) is 0 Å². The van der Waals surface area contributed by atoms with Gasteiger partial charge >= 0.3 is 0 Å². The molecule has 1 aliphatic rings. The molecule has 0 aliphatic carbocycles. The maximum Gasteiger partial charge on any atom is 0.152 e. The first kappa shape index (κ1) is 12.1. The average Bonchev–Trinajstić information content (AvgIpc) is 2.54. The number of nitrogens with zero attached hydrogens (tertiary/aromatic N) is 1. The Labute approximate surface area is 101 Å². The van der Waals surface area contributed by atoms with Crippen LogP contribution in [0.25, 0.3) is 0 Å². The third-order valence-electron chi connectivity index (χ3n) is 3.48. The van der Waals surface area contributed by atoms with Gasteiger partial charge in [-0.05, 0) is 37.3 Å². The summed E-state index contributed by atoms with van der Waals surface area (Å²) in [5.74, 6) is 0.399. The predicted molar refractivity (Wildman–Crippen MR) is 67.0 cm³/mol. The highest BCUT2D eigenvalue weighted by Crippen LogP contribution is 2.27. The first-order valence-electron chi connectivity index (χ1n) is 6.21. The van der Waals surface area contributed by atoms with Crippen LogP contribution in [0.5, 0.6) is 0 Å². The van der Waals surface area contributed by atoms with Crippen LogP contribution in [0, 0.1) is 11.7 Å². The fourth-order valence-corrected chi connectivity index (χ4v) is 2.45. The van der Waals surface area contributed by atoms with E-state index in [0.29, 0.717) is 17.2 Å². The monoisotopic (exact) mass is 235 g/mol. The Morgan fingerprint density at radius 1 is 1.35 bits per heavy atom. The smallest absolute Gasteiger partial charge is 0.152 e. The van der Waals surface area contributed by atoms with E-state index in [4.69, 9.17) is 0 Å². The van der Waals surface area contributed by atoms with Gasteiger partial charge in [0.2, 0.25) is 0 Å². The molecule has 1 atom stereocenters. The first-order valence-corrected chi connectivity index (χ1v) is 6.21. The van der Waals surface area contributed by atoms with Crippen molar-refractivity contribution in [3.8, 4) is 0 Å². The van der Waals surface area contributed by atoms with Gasteiger partial charge in [-0.2, -0.15) is 0 Å². The number of carbonyl (C=O) groups excluding carboxylic acids is 1. The third kappa shape index (κ3) is 2.65. The molecule has 1 unspecified atom stereocenters. The second-order valence-electron chi connectivity index (χ2n) is 4.82. The van der Waals surface area contributed by atoms with Gasteiger partial charge in [-0.25, -0.2) is 4.39 Å². The number of anilines is 1. The van der Waals surface area contributed by atoms with Gasteiger partial charge in [0.05, 0.1) is 5.69 Å². The first-order chi connectivity index (χ1) is 8.22. The summed E-state index contributed by atoms with van der Waals surface area (Å²) in [5, 5.41) is 0. The van der Waals surface area contributed by atoms with Crippen molar-refractivity contribution in [2.75, 3.05) is 18.0 Å². The van der Waals surface area contributed by atoms with Crippen LogP contribution in [0.3, 0.4) is 0 Å². The molecule has 1 saturated heterocycles. The van der Waals surface area contributed by atoms with Crippen molar-refractivity contribution in [3.63, 3.8) is 0 Å². The minimum atomic E-state index is -0.288. The Bertz CT molecular complexity index is 405. The molecular weight excluding hydrogens is 217 g/mol. The number of benzene rings is 1. The van der Waals surface area contributed by atoms with Crippen LogP contribution in [0.1, 0.15) is 36.5 Å². The third-order valence-corrected chi connectivity index (χ3v) is 3.48. The summed E-state index contributed by atoms with van der Waals surface area (Å²) in [6, 6.07) is 4.69. The van der Waals surface area contributed by atoms with Crippen molar-refractivity contribution in [2.45, 2.75) is 26.2 Å². The molecule has 1 aliphatic heterocycles. The standard InChI is InChI=1S/C14H18FNO/c1-11-4-3-8-16(9-7-11)14-12(10-17)5-2-6-13(14)15/h2,5-6,10-11H,3-4,7-9H2,1H3. The zero-order chi connectivity index (χ0) is 12.3. The molecule has 0 saturated carbocycles. The van der Waals surface area contributed by atoms with Crippen LogP contribution in [-0.2, 0) is 0 Å². The summed E-state index contributed by atoms with van der Waals surface area (Å²) in [4.78, 5) is 13.0. The highest BCUT2D eigenvalue weighted by Gasteiger charge is 2.19. The van der Waals surface area contributed by atoms with E-state index < -0.39 is 0 Å². The van der Waals surface area contributed by atoms with E-state index in [1.807, 2.05) is 4.90 Å². The molecule has 0 amide bonds. The van der Waals surface area contributed by atoms with Crippen molar-refractivity contribution in [1.29, 1.82) is 0 Å². The minimum absolute atomic E-state index is 0.288. The van der Waals surface area contributed by atoms with Crippen LogP contribution in [0.4, 0.5) is 10.1 Å². The second kappa shape index (κ2) is 5.30. The molecule has 0 N–H and O–H groups in total. The van der Waals surface area contributed by atoms with Crippen LogP contribution in [0.2, 0.25) is 0 Å². The summed E-state index contributed by atoms with van der Waals surface area (Å²) < 4.78 is 13.9. The van der Waals surface area contributed by atoms with E-state index >= 15 is 0 Å². The van der Waals surface area contributed by atoms with E-state index in [2.05, 4.69) is 6.92 Å². The average molecular weight is 235 g/mol. The minimum Gasteiger partial charge on any atom is -0.369 e. The molecule has 0 spiro atoms. The van der Waals surface area contributed by atoms with Gasteiger partial charge in [-0.1, -0.05) is 13.0 Å². The Kier molecular flexibility index (Phi) is 3.77. The summed E-state index contributed by atoms with van der Waals surface area (Å²) in [6.45, 7) is 3.90. The SMILES string of the molecule is CC1CCCN(c2c(F)cccc2C=O)CC1. The lowest BCUT2D eigenvalue weighted by Gasteiger charge is -2.24. The van der Waals surface area contributed by atoms with Crippen molar-refractivity contribution >= 4 is 12.0 Å². The molecule has 0 radical (unpaired) electrons. The van der Waals surface area contributed by atoms with E-state index in [1.165, 1.54) is 12.5 Å². The summed E-state index contributed by atoms with van der Waals surface area (Å²) in [7, 11) is 0. The fraction of sp³-hybridized carbons (Fsp3) is 0.500. The quantitative estimate of drug-likeness (QED) is 0.733. The number of rotatable bonds is 2. The molecule has 0 aromatic heterocycles. The molecule has 2 rings (SSSR count). The Morgan fingerprint density at radius 2 is 2.18 bits per heavy atom. The molecule has 17 heavy (non-hydrogen) atoms. The lowest BCUT2D eigenvalue weighted by molar-refractivity contribution is 0.112. The molecule has 2 nitrogen and oxygen atoms in total. The van der Waals surface area contributed by atoms with Gasteiger partial charge in [-0.3, -0.25) is 4.79 Å². The molecule has 1 aromatic rings. The van der Waals surface area contributed by atoms with Crippen LogP contribution >= 0.6 is 0 Å². The van der Waals surface area contributed by atoms with Gasteiger partial charge < -0.3 is 4.90 Å². The maximum atomic E-state index is 13.9. The van der Waals surface area contributed by atoms with Gasteiger partial charge in [0.15, 0.2) is 6.29 Å². The fourth-order valence-electron chi connectivity index (χ4n) is 2.45. The van der Waals surface area contributed by atoms with E-state index in [1.54, 1.807) is 12.1 Å². The number of hydrogen-bond donors (Lipinski definition) is 0. The summed E-state index contributed by atoms with van der Waals surface area (Å²) in [5.41, 5.74) is 0.941. The topological polar surface area (TPSA) is 20.3 Å². The van der Waals surface area contributed by atoms with E-state index in [-0.39, 0.29) is 5.82 Å². The normalized spacial score (nSPS) is 21.1. The molecule has 1 aromatic carbocycles. The predicted octanol–water partition coefficient (Wildman–Crippen LogP) is 3.26. The molecular formula is C14H18FNO. The molecule has 3 heteroatoms. The number of hydrogen-bond acceptors (Lipinski definition) is 2. The van der Waals surface area contributed by atoms with Gasteiger partial charge in [0.1, 0.15) is 5.82 Å². The second-order valence-corrected chi connectivity index (χ2v) is 4.82. The lowest BCUT2D eigenvalue weighted by Crippen LogP contribution is -2.26. The molecule has 92 valence electrons. The summed E-state index contributed by atoms with van der Waals surface area (Å²) in [6.07, 6.45) is 4.05. The van der Waals surface area contributed by atoms with Gasteiger partial charge in [-0.15, -0.1) is 0 Å². The van der Waals surface area contributed by atoms with Crippen molar-refractivity contribution in [3.05, 3.63) is 29.6 Å². The van der Waals surface area contributed by atoms with Crippen LogP contribution < -0.4 is 4.90 Å². The van der Waals surface area contributed by atoms with Crippen molar-refractivity contribution in [2.24, 2.45) is 5.92 Å². The number of para-hydroxylation sites is 1. The van der Waals surface area contributed by atoms with Crippen molar-refractivity contribution < 1.29 is 9.18 Å². The van der Waals surface area contributed by atoms with Crippen LogP contribution in [0.15, 0.2) is 18.2 Å². The lowest BCUT2D eigenvalue weighted by atomic mass is 10.0. The molecule has 1 fully saturated rings. The Morgan fingerprint density at radius 3 is 2.94 bits per heavy atom. The number of aldehydes is 1. The Hall–Kier alpha value is -1.38. The van der Waals surface area contributed by atoms with Crippen LogP contribution in [-0.4, -0.2) is 19.4 Å². The van der Waals surface area contributed by atoms with E-state index in [0.717, 1.165) is 32.2 Å². The van der Waals surface area contributed by atoms with Gasteiger partial charge in [0, 0.05) is 18.7 Å². The zero-order valence-electron chi connectivity index (χ0n) is 10.2.